The van der Waals surface area contributed by atoms with Gasteiger partial charge in [0.2, 0.25) is 0 Å². The minimum Gasteiger partial charge on any atom is -0.507 e. The Kier molecular flexibility index (Phi) is 3.16. The maximum Gasteiger partial charge on any atom is 0.159 e. The van der Waals surface area contributed by atoms with Gasteiger partial charge in [-0.25, -0.2) is 0 Å². The van der Waals surface area contributed by atoms with Crippen LogP contribution in [0.15, 0.2) is 54.9 Å². The lowest BCUT2D eigenvalue weighted by atomic mass is 10.2. The van der Waals surface area contributed by atoms with Gasteiger partial charge >= 0.3 is 0 Å². The predicted molar refractivity (Wildman–Crippen MR) is 81.6 cm³/mol. The highest BCUT2D eigenvalue weighted by molar-refractivity contribution is 5.85. The van der Waals surface area contributed by atoms with Crippen LogP contribution in [0.2, 0.25) is 0 Å². The number of rotatable bonds is 0. The number of nitrogens with one attached hydrogen (secondary N) is 2. The molecule has 0 bridgehead atoms. The molecule has 4 aromatic rings. The lowest BCUT2D eigenvalue weighted by Crippen LogP contribution is -1.69. The Labute approximate surface area is 120 Å². The van der Waals surface area contributed by atoms with Gasteiger partial charge in [-0.05, 0) is 30.3 Å². The molecular formula is C16H14N2O3. The summed E-state index contributed by atoms with van der Waals surface area (Å²) in [5.41, 5.74) is 1.79. The zero-order valence-electron chi connectivity index (χ0n) is 11.0. The molecule has 2 heterocycles. The highest BCUT2D eigenvalue weighted by Crippen LogP contribution is 2.29. The van der Waals surface area contributed by atoms with E-state index in [0.29, 0.717) is 5.75 Å². The number of aromatic hydroxyl groups is 3. The fourth-order valence-corrected chi connectivity index (χ4v) is 2.15. The number of fused-ring (bicyclic) bond motifs is 2. The first kappa shape index (κ1) is 12.9. The van der Waals surface area contributed by atoms with Gasteiger partial charge in [-0.1, -0.05) is 6.07 Å². The van der Waals surface area contributed by atoms with Gasteiger partial charge in [0.1, 0.15) is 5.75 Å². The van der Waals surface area contributed by atoms with Crippen LogP contribution in [-0.2, 0) is 0 Å². The van der Waals surface area contributed by atoms with Crippen LogP contribution in [0.3, 0.4) is 0 Å². The highest BCUT2D eigenvalue weighted by atomic mass is 16.3. The molecule has 0 amide bonds. The van der Waals surface area contributed by atoms with Gasteiger partial charge in [-0.2, -0.15) is 0 Å². The number of hydrogen-bond donors (Lipinski definition) is 5. The summed E-state index contributed by atoms with van der Waals surface area (Å²) in [4.78, 5) is 5.92. The predicted octanol–water partition coefficient (Wildman–Crippen LogP) is 3.45. The Bertz CT molecular complexity index is 857. The lowest BCUT2D eigenvalue weighted by Gasteiger charge is -1.95. The molecule has 0 saturated heterocycles. The third kappa shape index (κ3) is 2.49. The number of benzene rings is 2. The van der Waals surface area contributed by atoms with Gasteiger partial charge < -0.3 is 25.3 Å². The number of aromatic amines is 2. The second kappa shape index (κ2) is 5.13. The van der Waals surface area contributed by atoms with Crippen LogP contribution < -0.4 is 0 Å². The van der Waals surface area contributed by atoms with Gasteiger partial charge in [0.05, 0.1) is 0 Å². The van der Waals surface area contributed by atoms with Crippen molar-refractivity contribution in [3.63, 3.8) is 0 Å². The minimum atomic E-state index is -0.0973. The number of hydrogen-bond acceptors (Lipinski definition) is 3. The maximum atomic E-state index is 9.24. The van der Waals surface area contributed by atoms with Gasteiger partial charge in [-0.3, -0.25) is 0 Å². The monoisotopic (exact) mass is 282 g/mol. The number of phenolic OH excluding ortho intramolecular Hbond substituents is 3. The summed E-state index contributed by atoms with van der Waals surface area (Å²) < 4.78 is 0. The number of H-pyrrole nitrogens is 2. The average Bonchev–Trinajstić information content (AvgIpc) is 3.09. The van der Waals surface area contributed by atoms with E-state index in [4.69, 9.17) is 10.2 Å². The molecule has 0 unspecified atom stereocenters. The van der Waals surface area contributed by atoms with Crippen LogP contribution in [0.25, 0.3) is 21.8 Å². The van der Waals surface area contributed by atoms with Crippen molar-refractivity contribution < 1.29 is 15.3 Å². The molecule has 5 nitrogen and oxygen atoms in total. The third-order valence-corrected chi connectivity index (χ3v) is 3.22. The number of phenols is 3. The minimum absolute atomic E-state index is 0.0860. The molecule has 5 heteroatoms. The van der Waals surface area contributed by atoms with E-state index in [1.165, 1.54) is 12.1 Å². The fourth-order valence-electron chi connectivity index (χ4n) is 2.15. The first-order valence-corrected chi connectivity index (χ1v) is 6.39. The summed E-state index contributed by atoms with van der Waals surface area (Å²) in [7, 11) is 0. The van der Waals surface area contributed by atoms with Gasteiger partial charge in [0, 0.05) is 40.3 Å². The molecule has 0 fully saturated rings. The van der Waals surface area contributed by atoms with Crippen LogP contribution in [0.1, 0.15) is 0 Å². The molecular weight excluding hydrogens is 268 g/mol. The average molecular weight is 282 g/mol. The summed E-state index contributed by atoms with van der Waals surface area (Å²) in [5.74, 6) is 0.149. The van der Waals surface area contributed by atoms with E-state index < -0.39 is 0 Å². The van der Waals surface area contributed by atoms with E-state index in [1.54, 1.807) is 12.3 Å². The van der Waals surface area contributed by atoms with Crippen LogP contribution >= 0.6 is 0 Å². The van der Waals surface area contributed by atoms with E-state index >= 15 is 0 Å². The molecule has 0 spiro atoms. The zero-order chi connectivity index (χ0) is 14.8. The molecule has 5 N–H and O–H groups in total. The standard InChI is InChI=1S/C8H7NO2.C8H7NO/c10-7-3-5-1-2-9-6(5)4-8(7)11;10-8-3-1-2-7-6(8)4-5-9-7/h1-4,9-11H;1-5,9-10H. The Balaban J connectivity index is 0.000000126. The van der Waals surface area contributed by atoms with Crippen molar-refractivity contribution in [2.45, 2.75) is 0 Å². The summed E-state index contributed by atoms with van der Waals surface area (Å²) in [6, 6.07) is 12.1. The Morgan fingerprint density at radius 2 is 1.38 bits per heavy atom. The van der Waals surface area contributed by atoms with Crippen LogP contribution in [0, 0.1) is 0 Å². The first-order valence-electron chi connectivity index (χ1n) is 6.39. The summed E-state index contributed by atoms with van der Waals surface area (Å²) >= 11 is 0. The highest BCUT2D eigenvalue weighted by Gasteiger charge is 2.01. The molecule has 106 valence electrons. The van der Waals surface area contributed by atoms with Crippen molar-refractivity contribution >= 4 is 21.8 Å². The second-order valence-electron chi connectivity index (χ2n) is 4.62. The molecule has 0 atom stereocenters. The van der Waals surface area contributed by atoms with Gasteiger partial charge in [0.15, 0.2) is 11.5 Å². The quantitative estimate of drug-likeness (QED) is 0.320. The topological polar surface area (TPSA) is 92.3 Å². The van der Waals surface area contributed by atoms with Crippen molar-refractivity contribution in [3.05, 3.63) is 54.9 Å². The van der Waals surface area contributed by atoms with Crippen LogP contribution in [-0.4, -0.2) is 25.3 Å². The van der Waals surface area contributed by atoms with E-state index in [9.17, 15) is 5.11 Å². The van der Waals surface area contributed by atoms with Crippen LogP contribution in [0.5, 0.6) is 17.2 Å². The van der Waals surface area contributed by atoms with Crippen LogP contribution in [0.4, 0.5) is 0 Å². The van der Waals surface area contributed by atoms with E-state index in [0.717, 1.165) is 21.8 Å². The Hall–Kier alpha value is -3.08. The SMILES string of the molecule is Oc1cc2cc[nH]c2cc1O.Oc1cccc2[nH]ccc12. The Morgan fingerprint density at radius 1 is 0.667 bits per heavy atom. The van der Waals surface area contributed by atoms with Crippen molar-refractivity contribution in [2.75, 3.05) is 0 Å². The van der Waals surface area contributed by atoms with E-state index in [-0.39, 0.29) is 11.5 Å². The van der Waals surface area contributed by atoms with Gasteiger partial charge in [0.25, 0.3) is 0 Å². The maximum absolute atomic E-state index is 9.24. The van der Waals surface area contributed by atoms with E-state index in [2.05, 4.69) is 9.97 Å². The largest absolute Gasteiger partial charge is 0.507 e. The molecule has 0 radical (unpaired) electrons. The molecule has 4 rings (SSSR count). The van der Waals surface area contributed by atoms with Crippen molar-refractivity contribution in [1.82, 2.24) is 9.97 Å². The lowest BCUT2D eigenvalue weighted by molar-refractivity contribution is 0.405. The zero-order valence-corrected chi connectivity index (χ0v) is 11.0. The van der Waals surface area contributed by atoms with Crippen molar-refractivity contribution in [2.24, 2.45) is 0 Å². The normalized spacial score (nSPS) is 10.5. The molecule has 0 aliphatic heterocycles. The fraction of sp³-hybridized carbons (Fsp3) is 0. The molecule has 2 aromatic carbocycles. The third-order valence-electron chi connectivity index (χ3n) is 3.22. The molecule has 0 saturated carbocycles. The van der Waals surface area contributed by atoms with Crippen molar-refractivity contribution in [1.29, 1.82) is 0 Å². The second-order valence-corrected chi connectivity index (χ2v) is 4.62. The van der Waals surface area contributed by atoms with Gasteiger partial charge in [-0.15, -0.1) is 0 Å². The summed E-state index contributed by atoms with van der Waals surface area (Å²) in [6.07, 6.45) is 3.56. The number of aromatic nitrogens is 2. The molecule has 2 aromatic heterocycles. The van der Waals surface area contributed by atoms with Crippen molar-refractivity contribution in [3.8, 4) is 17.2 Å². The molecule has 0 aliphatic carbocycles. The smallest absolute Gasteiger partial charge is 0.159 e. The summed E-state index contributed by atoms with van der Waals surface area (Å²) in [5, 5.41) is 29.1. The Morgan fingerprint density at radius 3 is 2.19 bits per heavy atom. The summed E-state index contributed by atoms with van der Waals surface area (Å²) in [6.45, 7) is 0. The molecule has 21 heavy (non-hydrogen) atoms. The van der Waals surface area contributed by atoms with E-state index in [1.807, 2.05) is 30.5 Å². The molecule has 0 aliphatic rings. The first-order chi connectivity index (χ1) is 10.1.